The van der Waals surface area contributed by atoms with Crippen molar-refractivity contribution in [3.05, 3.63) is 72.3 Å². The van der Waals surface area contributed by atoms with Crippen molar-refractivity contribution in [1.29, 1.82) is 0 Å². The van der Waals surface area contributed by atoms with Crippen LogP contribution in [0.25, 0.3) is 23.3 Å². The van der Waals surface area contributed by atoms with E-state index < -0.39 is 0 Å². The van der Waals surface area contributed by atoms with Crippen LogP contribution in [-0.4, -0.2) is 0 Å². The molecule has 0 saturated carbocycles. The van der Waals surface area contributed by atoms with Gasteiger partial charge in [-0.1, -0.05) is 61.7 Å². The van der Waals surface area contributed by atoms with E-state index in [-0.39, 0.29) is 0 Å². The molecule has 0 unspecified atom stereocenters. The van der Waals surface area contributed by atoms with Crippen LogP contribution in [0.2, 0.25) is 0 Å². The fourth-order valence-electron chi connectivity index (χ4n) is 2.01. The van der Waals surface area contributed by atoms with E-state index in [1.54, 1.807) is 0 Å². The molecule has 0 aromatic heterocycles. The third-order valence-corrected chi connectivity index (χ3v) is 3.27. The molecule has 1 heteroatoms. The fraction of sp³-hybridized carbons (Fsp3) is 0.0588. The second-order valence-electron chi connectivity index (χ2n) is 4.05. The smallest absolute Gasteiger partial charge is 0.0480 e. The summed E-state index contributed by atoms with van der Waals surface area (Å²) in [5.74, 6) is 0.498. The summed E-state index contributed by atoms with van der Waals surface area (Å²) in [5.41, 5.74) is 5.64. The molecule has 0 spiro atoms. The predicted molar refractivity (Wildman–Crippen MR) is 81.6 cm³/mol. The predicted octanol–water partition coefficient (Wildman–Crippen LogP) is 5.38. The van der Waals surface area contributed by atoms with E-state index in [1.807, 2.05) is 30.4 Å². The highest BCUT2D eigenvalue weighted by Gasteiger charge is 2.07. The number of halogens is 1. The first-order valence-corrected chi connectivity index (χ1v) is 6.36. The molecule has 0 bridgehead atoms. The van der Waals surface area contributed by atoms with Gasteiger partial charge in [-0.05, 0) is 33.9 Å². The lowest BCUT2D eigenvalue weighted by Gasteiger charge is -2.11. The van der Waals surface area contributed by atoms with Crippen molar-refractivity contribution >= 4 is 23.8 Å². The molecule has 0 nitrogen and oxygen atoms in total. The first kappa shape index (κ1) is 12.7. The Kier molecular flexibility index (Phi) is 4.01. The molecule has 0 N–H and O–H groups in total. The SMILES string of the molecule is C=Cc1ccc(CCl)c(-c2ccccc2C=C)c1. The molecule has 0 saturated heterocycles. The molecule has 18 heavy (non-hydrogen) atoms. The standard InChI is InChI=1S/C17H15Cl/c1-3-13-9-10-15(12-18)17(11-13)16-8-6-5-7-14(16)4-2/h3-11H,1-2,12H2. The van der Waals surface area contributed by atoms with E-state index in [1.165, 1.54) is 0 Å². The zero-order valence-corrected chi connectivity index (χ0v) is 11.0. The van der Waals surface area contributed by atoms with Crippen LogP contribution >= 0.6 is 11.6 Å². The second-order valence-corrected chi connectivity index (χ2v) is 4.31. The largest absolute Gasteiger partial charge is 0.122 e. The quantitative estimate of drug-likeness (QED) is 0.643. The normalized spacial score (nSPS) is 10.1. The summed E-state index contributed by atoms with van der Waals surface area (Å²) in [6.07, 6.45) is 3.71. The van der Waals surface area contributed by atoms with Crippen LogP contribution in [0, 0.1) is 0 Å². The van der Waals surface area contributed by atoms with Crippen molar-refractivity contribution in [1.82, 2.24) is 0 Å². The van der Waals surface area contributed by atoms with Crippen molar-refractivity contribution in [2.45, 2.75) is 5.88 Å². The van der Waals surface area contributed by atoms with Crippen LogP contribution in [0.1, 0.15) is 16.7 Å². The summed E-state index contributed by atoms with van der Waals surface area (Å²) in [4.78, 5) is 0. The van der Waals surface area contributed by atoms with Crippen LogP contribution in [0.4, 0.5) is 0 Å². The highest BCUT2D eigenvalue weighted by molar-refractivity contribution is 6.17. The lowest BCUT2D eigenvalue weighted by Crippen LogP contribution is -1.90. The molecule has 0 atom stereocenters. The molecule has 2 aromatic rings. The first-order valence-electron chi connectivity index (χ1n) is 5.83. The number of hydrogen-bond donors (Lipinski definition) is 0. The maximum Gasteiger partial charge on any atom is 0.0480 e. The molecule has 0 aliphatic carbocycles. The fourth-order valence-corrected chi connectivity index (χ4v) is 2.24. The monoisotopic (exact) mass is 254 g/mol. The highest BCUT2D eigenvalue weighted by Crippen LogP contribution is 2.30. The van der Waals surface area contributed by atoms with Gasteiger partial charge in [-0.3, -0.25) is 0 Å². The van der Waals surface area contributed by atoms with Gasteiger partial charge in [-0.2, -0.15) is 0 Å². The van der Waals surface area contributed by atoms with Gasteiger partial charge in [-0.25, -0.2) is 0 Å². The van der Waals surface area contributed by atoms with Crippen molar-refractivity contribution < 1.29 is 0 Å². The van der Waals surface area contributed by atoms with Gasteiger partial charge in [0.1, 0.15) is 0 Å². The van der Waals surface area contributed by atoms with Crippen LogP contribution in [0.15, 0.2) is 55.6 Å². The Labute approximate surface area is 113 Å². The van der Waals surface area contributed by atoms with E-state index in [9.17, 15) is 0 Å². The Balaban J connectivity index is 2.68. The van der Waals surface area contributed by atoms with E-state index in [2.05, 4.69) is 37.4 Å². The van der Waals surface area contributed by atoms with Gasteiger partial charge in [0, 0.05) is 5.88 Å². The minimum atomic E-state index is 0.498. The third-order valence-electron chi connectivity index (χ3n) is 2.98. The zero-order chi connectivity index (χ0) is 13.0. The minimum Gasteiger partial charge on any atom is -0.122 e. The van der Waals surface area contributed by atoms with Gasteiger partial charge in [0.2, 0.25) is 0 Å². The van der Waals surface area contributed by atoms with Gasteiger partial charge >= 0.3 is 0 Å². The molecule has 0 aliphatic rings. The number of hydrogen-bond acceptors (Lipinski definition) is 0. The Morgan fingerprint density at radius 2 is 1.72 bits per heavy atom. The van der Waals surface area contributed by atoms with E-state index in [4.69, 9.17) is 11.6 Å². The first-order chi connectivity index (χ1) is 8.80. The number of alkyl halides is 1. The molecular weight excluding hydrogens is 240 g/mol. The topological polar surface area (TPSA) is 0 Å². The molecule has 90 valence electrons. The Hall–Kier alpha value is -1.79. The maximum atomic E-state index is 6.02. The lowest BCUT2D eigenvalue weighted by atomic mass is 9.94. The summed E-state index contributed by atoms with van der Waals surface area (Å²) in [5, 5.41) is 0. The Morgan fingerprint density at radius 3 is 2.39 bits per heavy atom. The Bertz CT molecular complexity index is 582. The summed E-state index contributed by atoms with van der Waals surface area (Å²) in [6, 6.07) is 14.4. The zero-order valence-electron chi connectivity index (χ0n) is 10.2. The molecule has 0 radical (unpaired) electrons. The van der Waals surface area contributed by atoms with Crippen LogP contribution in [0.3, 0.4) is 0 Å². The molecule has 0 fully saturated rings. The van der Waals surface area contributed by atoms with Gasteiger partial charge in [0.25, 0.3) is 0 Å². The Morgan fingerprint density at radius 1 is 0.944 bits per heavy atom. The van der Waals surface area contributed by atoms with Crippen molar-refractivity contribution in [2.24, 2.45) is 0 Å². The lowest BCUT2D eigenvalue weighted by molar-refractivity contribution is 1.39. The van der Waals surface area contributed by atoms with E-state index >= 15 is 0 Å². The average Bonchev–Trinajstić information content (AvgIpc) is 2.46. The summed E-state index contributed by atoms with van der Waals surface area (Å²) in [7, 11) is 0. The highest BCUT2D eigenvalue weighted by atomic mass is 35.5. The molecule has 2 aromatic carbocycles. The van der Waals surface area contributed by atoms with E-state index in [0.717, 1.165) is 27.8 Å². The molecular formula is C17H15Cl. The van der Waals surface area contributed by atoms with Gasteiger partial charge in [-0.15, -0.1) is 11.6 Å². The molecule has 0 heterocycles. The van der Waals surface area contributed by atoms with Gasteiger partial charge < -0.3 is 0 Å². The average molecular weight is 255 g/mol. The number of benzene rings is 2. The molecule has 2 rings (SSSR count). The van der Waals surface area contributed by atoms with Gasteiger partial charge in [0.05, 0.1) is 0 Å². The molecule has 0 amide bonds. The minimum absolute atomic E-state index is 0.498. The molecule has 0 aliphatic heterocycles. The van der Waals surface area contributed by atoms with Crippen molar-refractivity contribution in [3.8, 4) is 11.1 Å². The van der Waals surface area contributed by atoms with E-state index in [0.29, 0.717) is 5.88 Å². The van der Waals surface area contributed by atoms with Crippen molar-refractivity contribution in [3.63, 3.8) is 0 Å². The second kappa shape index (κ2) is 5.70. The van der Waals surface area contributed by atoms with Crippen LogP contribution < -0.4 is 0 Å². The number of rotatable bonds is 4. The van der Waals surface area contributed by atoms with Crippen LogP contribution in [0.5, 0.6) is 0 Å². The van der Waals surface area contributed by atoms with Gasteiger partial charge in [0.15, 0.2) is 0 Å². The summed E-state index contributed by atoms with van der Waals surface area (Å²) >= 11 is 6.02. The maximum absolute atomic E-state index is 6.02. The van der Waals surface area contributed by atoms with Crippen molar-refractivity contribution in [2.75, 3.05) is 0 Å². The summed E-state index contributed by atoms with van der Waals surface area (Å²) < 4.78 is 0. The van der Waals surface area contributed by atoms with Crippen LogP contribution in [-0.2, 0) is 5.88 Å². The third kappa shape index (κ3) is 2.39. The summed E-state index contributed by atoms with van der Waals surface area (Å²) in [6.45, 7) is 7.67.